The molecule has 1 heterocycles. The minimum absolute atomic E-state index is 0.336. The fraction of sp³-hybridized carbons (Fsp3) is 0.474. The SMILES string of the molecule is C#CC1(Oc2ccc(C#N)cc2Cl)CCN(C(=O)OC(C)(C)C)CC1. The van der Waals surface area contributed by atoms with Gasteiger partial charge in [-0.1, -0.05) is 17.5 Å². The zero-order valence-electron chi connectivity index (χ0n) is 14.6. The number of terminal acetylenes is 1. The largest absolute Gasteiger partial charge is 0.473 e. The van der Waals surface area contributed by atoms with Gasteiger partial charge >= 0.3 is 6.09 Å². The van der Waals surface area contributed by atoms with Gasteiger partial charge in [0.25, 0.3) is 0 Å². The van der Waals surface area contributed by atoms with Crippen molar-refractivity contribution in [2.24, 2.45) is 0 Å². The smallest absolute Gasteiger partial charge is 0.410 e. The molecule has 0 unspecified atom stereocenters. The molecule has 0 aromatic heterocycles. The summed E-state index contributed by atoms with van der Waals surface area (Å²) in [6.07, 6.45) is 6.30. The van der Waals surface area contributed by atoms with Gasteiger partial charge in [0.15, 0.2) is 5.60 Å². The lowest BCUT2D eigenvalue weighted by atomic mass is 9.92. The van der Waals surface area contributed by atoms with Gasteiger partial charge in [0.05, 0.1) is 16.7 Å². The lowest BCUT2D eigenvalue weighted by molar-refractivity contribution is 0.00192. The molecular formula is C19H21ClN2O3. The van der Waals surface area contributed by atoms with Crippen LogP contribution in [0.25, 0.3) is 0 Å². The number of piperidine rings is 1. The molecule has 0 atom stereocenters. The van der Waals surface area contributed by atoms with E-state index in [1.54, 1.807) is 17.0 Å². The summed E-state index contributed by atoms with van der Waals surface area (Å²) in [5.74, 6) is 3.14. The van der Waals surface area contributed by atoms with Crippen molar-refractivity contribution in [2.45, 2.75) is 44.8 Å². The Morgan fingerprint density at radius 2 is 2.00 bits per heavy atom. The van der Waals surface area contributed by atoms with Gasteiger partial charge in [-0.3, -0.25) is 0 Å². The molecule has 0 radical (unpaired) electrons. The van der Waals surface area contributed by atoms with E-state index in [2.05, 4.69) is 5.92 Å². The van der Waals surface area contributed by atoms with Crippen LogP contribution in [0.4, 0.5) is 4.79 Å². The molecule has 0 N–H and O–H groups in total. The lowest BCUT2D eigenvalue weighted by Crippen LogP contribution is -2.50. The van der Waals surface area contributed by atoms with E-state index in [1.807, 2.05) is 26.8 Å². The first-order valence-electron chi connectivity index (χ1n) is 8.02. The van der Waals surface area contributed by atoms with E-state index < -0.39 is 11.2 Å². The molecule has 25 heavy (non-hydrogen) atoms. The molecule has 0 saturated carbocycles. The Kier molecular flexibility index (Phi) is 5.50. The summed E-state index contributed by atoms with van der Waals surface area (Å²) in [5, 5.41) is 9.24. The number of amides is 1. The average molecular weight is 361 g/mol. The fourth-order valence-corrected chi connectivity index (χ4v) is 2.74. The first-order valence-corrected chi connectivity index (χ1v) is 8.40. The van der Waals surface area contributed by atoms with Crippen molar-refractivity contribution in [1.29, 1.82) is 5.26 Å². The van der Waals surface area contributed by atoms with Crippen molar-refractivity contribution >= 4 is 17.7 Å². The molecule has 1 aromatic carbocycles. The summed E-state index contributed by atoms with van der Waals surface area (Å²) in [6, 6.07) is 6.82. The zero-order chi connectivity index (χ0) is 18.7. The van der Waals surface area contributed by atoms with Crippen LogP contribution in [-0.4, -0.2) is 35.3 Å². The van der Waals surface area contributed by atoms with Crippen LogP contribution in [0.3, 0.4) is 0 Å². The molecule has 1 amide bonds. The normalized spacial score (nSPS) is 16.5. The molecular weight excluding hydrogens is 340 g/mol. The molecule has 132 valence electrons. The number of hydrogen-bond donors (Lipinski definition) is 0. The van der Waals surface area contributed by atoms with Crippen molar-refractivity contribution < 1.29 is 14.3 Å². The molecule has 5 nitrogen and oxygen atoms in total. The minimum atomic E-state index is -0.837. The van der Waals surface area contributed by atoms with E-state index in [1.165, 1.54) is 6.07 Å². The molecule has 1 aliphatic rings. The number of benzene rings is 1. The van der Waals surface area contributed by atoms with Crippen LogP contribution in [0.5, 0.6) is 5.75 Å². The number of nitrogens with zero attached hydrogens (tertiary/aromatic N) is 2. The monoisotopic (exact) mass is 360 g/mol. The second-order valence-corrected chi connectivity index (χ2v) is 7.37. The Balaban J connectivity index is 2.06. The van der Waals surface area contributed by atoms with E-state index in [-0.39, 0.29) is 6.09 Å². The Labute approximate surface area is 153 Å². The maximum Gasteiger partial charge on any atom is 0.410 e. The molecule has 0 spiro atoms. The first-order chi connectivity index (χ1) is 11.7. The maximum absolute atomic E-state index is 12.2. The van der Waals surface area contributed by atoms with Gasteiger partial charge in [0.1, 0.15) is 11.4 Å². The van der Waals surface area contributed by atoms with Crippen LogP contribution in [0.2, 0.25) is 5.02 Å². The summed E-state index contributed by atoms with van der Waals surface area (Å²) < 4.78 is 11.4. The van der Waals surface area contributed by atoms with Crippen molar-refractivity contribution in [3.63, 3.8) is 0 Å². The van der Waals surface area contributed by atoms with E-state index in [0.29, 0.717) is 42.3 Å². The summed E-state index contributed by atoms with van der Waals surface area (Å²) in [5.41, 5.74) is -0.924. The molecule has 2 rings (SSSR count). The zero-order valence-corrected chi connectivity index (χ0v) is 15.4. The Morgan fingerprint density at radius 1 is 1.36 bits per heavy atom. The molecule has 1 aliphatic heterocycles. The highest BCUT2D eigenvalue weighted by Crippen LogP contribution is 2.33. The maximum atomic E-state index is 12.2. The van der Waals surface area contributed by atoms with Crippen LogP contribution in [-0.2, 0) is 4.74 Å². The Hall–Kier alpha value is -2.37. The fourth-order valence-electron chi connectivity index (χ4n) is 2.52. The Bertz CT molecular complexity index is 733. The van der Waals surface area contributed by atoms with Crippen molar-refractivity contribution in [3.8, 4) is 24.2 Å². The Morgan fingerprint density at radius 3 is 2.48 bits per heavy atom. The highest BCUT2D eigenvalue weighted by atomic mass is 35.5. The second kappa shape index (κ2) is 7.25. The highest BCUT2D eigenvalue weighted by molar-refractivity contribution is 6.32. The number of carbonyl (C=O) groups is 1. The van der Waals surface area contributed by atoms with Gasteiger partial charge in [0.2, 0.25) is 0 Å². The van der Waals surface area contributed by atoms with Gasteiger partial charge in [-0.15, -0.1) is 6.42 Å². The molecule has 0 bridgehead atoms. The molecule has 0 aliphatic carbocycles. The van der Waals surface area contributed by atoms with Crippen molar-refractivity contribution in [2.75, 3.05) is 13.1 Å². The van der Waals surface area contributed by atoms with Gasteiger partial charge in [0, 0.05) is 25.9 Å². The second-order valence-electron chi connectivity index (χ2n) is 6.97. The van der Waals surface area contributed by atoms with E-state index in [4.69, 9.17) is 32.8 Å². The number of rotatable bonds is 2. The number of carbonyl (C=O) groups excluding carboxylic acids is 1. The highest BCUT2D eigenvalue weighted by Gasteiger charge is 2.38. The van der Waals surface area contributed by atoms with Gasteiger partial charge < -0.3 is 14.4 Å². The summed E-state index contributed by atoms with van der Waals surface area (Å²) in [4.78, 5) is 13.8. The summed E-state index contributed by atoms with van der Waals surface area (Å²) >= 11 is 6.17. The van der Waals surface area contributed by atoms with Crippen LogP contribution in [0.1, 0.15) is 39.2 Å². The quantitative estimate of drug-likeness (QED) is 0.748. The minimum Gasteiger partial charge on any atom is -0.473 e. The molecule has 6 heteroatoms. The topological polar surface area (TPSA) is 62.6 Å². The predicted octanol–water partition coefficient (Wildman–Crippen LogP) is 3.99. The number of nitriles is 1. The number of ether oxygens (including phenoxy) is 2. The molecule has 1 saturated heterocycles. The van der Waals surface area contributed by atoms with E-state index in [0.717, 1.165) is 0 Å². The van der Waals surface area contributed by atoms with E-state index >= 15 is 0 Å². The van der Waals surface area contributed by atoms with Gasteiger partial charge in [-0.05, 0) is 39.0 Å². The van der Waals surface area contributed by atoms with Gasteiger partial charge in [-0.2, -0.15) is 5.26 Å². The van der Waals surface area contributed by atoms with Crippen LogP contribution in [0, 0.1) is 23.7 Å². The van der Waals surface area contributed by atoms with Gasteiger partial charge in [-0.25, -0.2) is 4.79 Å². The van der Waals surface area contributed by atoms with Crippen molar-refractivity contribution in [1.82, 2.24) is 4.90 Å². The third-order valence-corrected chi connectivity index (χ3v) is 4.15. The lowest BCUT2D eigenvalue weighted by Gasteiger charge is -2.39. The van der Waals surface area contributed by atoms with Crippen molar-refractivity contribution in [3.05, 3.63) is 28.8 Å². The predicted molar refractivity (Wildman–Crippen MR) is 95.4 cm³/mol. The third kappa shape index (κ3) is 4.81. The average Bonchev–Trinajstić information content (AvgIpc) is 2.55. The van der Waals surface area contributed by atoms with Crippen LogP contribution < -0.4 is 4.74 Å². The number of halogens is 1. The molecule has 1 fully saturated rings. The number of hydrogen-bond acceptors (Lipinski definition) is 4. The molecule has 1 aromatic rings. The van der Waals surface area contributed by atoms with E-state index in [9.17, 15) is 4.79 Å². The summed E-state index contributed by atoms with van der Waals surface area (Å²) in [7, 11) is 0. The first kappa shape index (κ1) is 19.0. The van der Waals surface area contributed by atoms with Crippen LogP contribution >= 0.6 is 11.6 Å². The third-order valence-electron chi connectivity index (χ3n) is 3.85. The number of likely N-dealkylation sites (tertiary alicyclic amines) is 1. The summed E-state index contributed by atoms with van der Waals surface area (Å²) in [6.45, 7) is 6.36. The standard InChI is InChI=1S/C19H21ClN2O3/c1-5-19(24-16-7-6-14(13-21)12-15(16)20)8-10-22(11-9-19)17(23)25-18(2,3)4/h1,6-7,12H,8-11H2,2-4H3. The van der Waals surface area contributed by atoms with Crippen LogP contribution in [0.15, 0.2) is 18.2 Å².